The standard InChI is InChI=1S/C20H16O2/c21-20(22-19-10-2-1-3-11-19)12-6-7-16-13-14-17-8-4-5-9-18(17)15-16/h1-11,13-15H,12H2/b7-6+. The van der Waals surface area contributed by atoms with Crippen molar-refractivity contribution in [2.45, 2.75) is 6.42 Å². The van der Waals surface area contributed by atoms with Gasteiger partial charge in [-0.2, -0.15) is 0 Å². The fraction of sp³-hybridized carbons (Fsp3) is 0.0500. The normalized spacial score (nSPS) is 10.9. The molecular formula is C20H16O2. The minimum absolute atomic E-state index is 0.252. The minimum atomic E-state index is -0.261. The van der Waals surface area contributed by atoms with Crippen molar-refractivity contribution in [1.29, 1.82) is 0 Å². The molecule has 0 aliphatic carbocycles. The van der Waals surface area contributed by atoms with Crippen LogP contribution >= 0.6 is 0 Å². The monoisotopic (exact) mass is 288 g/mol. The molecule has 0 aromatic heterocycles. The molecule has 2 heteroatoms. The van der Waals surface area contributed by atoms with E-state index >= 15 is 0 Å². The predicted molar refractivity (Wildman–Crippen MR) is 89.7 cm³/mol. The Balaban J connectivity index is 1.62. The van der Waals surface area contributed by atoms with Crippen molar-refractivity contribution in [3.8, 4) is 5.75 Å². The highest BCUT2D eigenvalue weighted by atomic mass is 16.5. The first-order chi connectivity index (χ1) is 10.8. The first kappa shape index (κ1) is 14.1. The Morgan fingerprint density at radius 3 is 2.41 bits per heavy atom. The number of para-hydroxylation sites is 1. The van der Waals surface area contributed by atoms with E-state index in [2.05, 4.69) is 24.3 Å². The van der Waals surface area contributed by atoms with Gasteiger partial charge in [0.1, 0.15) is 5.75 Å². The lowest BCUT2D eigenvalue weighted by atomic mass is 10.1. The summed E-state index contributed by atoms with van der Waals surface area (Å²) in [6.07, 6.45) is 4.02. The Hall–Kier alpha value is -2.87. The second kappa shape index (κ2) is 6.72. The van der Waals surface area contributed by atoms with Gasteiger partial charge in [0.15, 0.2) is 0 Å². The van der Waals surface area contributed by atoms with Crippen LogP contribution in [0.2, 0.25) is 0 Å². The summed E-state index contributed by atoms with van der Waals surface area (Å²) in [6, 6.07) is 23.5. The molecule has 0 aliphatic heterocycles. The third-order valence-electron chi connectivity index (χ3n) is 3.34. The van der Waals surface area contributed by atoms with Crippen molar-refractivity contribution < 1.29 is 9.53 Å². The molecule has 0 N–H and O–H groups in total. The molecular weight excluding hydrogens is 272 g/mol. The second-order valence-electron chi connectivity index (χ2n) is 5.00. The molecule has 0 fully saturated rings. The third-order valence-corrected chi connectivity index (χ3v) is 3.34. The molecule has 22 heavy (non-hydrogen) atoms. The molecule has 3 aromatic rings. The van der Waals surface area contributed by atoms with Gasteiger partial charge in [0, 0.05) is 0 Å². The van der Waals surface area contributed by atoms with Gasteiger partial charge in [-0.3, -0.25) is 4.79 Å². The summed E-state index contributed by atoms with van der Waals surface area (Å²) >= 11 is 0. The molecule has 2 nitrogen and oxygen atoms in total. The van der Waals surface area contributed by atoms with E-state index in [0.717, 1.165) is 5.56 Å². The molecule has 0 bridgehead atoms. The van der Waals surface area contributed by atoms with E-state index in [4.69, 9.17) is 4.74 Å². The SMILES string of the molecule is O=C(C/C=C/c1ccc2ccccc2c1)Oc1ccccc1. The van der Waals surface area contributed by atoms with Crippen LogP contribution in [0, 0.1) is 0 Å². The van der Waals surface area contributed by atoms with Crippen LogP contribution in [-0.4, -0.2) is 5.97 Å². The number of carbonyl (C=O) groups excluding carboxylic acids is 1. The second-order valence-corrected chi connectivity index (χ2v) is 5.00. The van der Waals surface area contributed by atoms with Gasteiger partial charge in [0.05, 0.1) is 6.42 Å². The lowest BCUT2D eigenvalue weighted by Crippen LogP contribution is -2.05. The smallest absolute Gasteiger partial charge is 0.315 e. The first-order valence-corrected chi connectivity index (χ1v) is 7.22. The van der Waals surface area contributed by atoms with E-state index in [0.29, 0.717) is 5.75 Å². The number of esters is 1. The highest BCUT2D eigenvalue weighted by Crippen LogP contribution is 2.16. The number of ether oxygens (including phenoxy) is 1. The predicted octanol–water partition coefficient (Wildman–Crippen LogP) is 4.85. The lowest BCUT2D eigenvalue weighted by Gasteiger charge is -2.01. The van der Waals surface area contributed by atoms with Gasteiger partial charge >= 0.3 is 5.97 Å². The van der Waals surface area contributed by atoms with Crippen molar-refractivity contribution in [1.82, 2.24) is 0 Å². The van der Waals surface area contributed by atoms with E-state index in [-0.39, 0.29) is 12.4 Å². The number of hydrogen-bond acceptors (Lipinski definition) is 2. The third kappa shape index (κ3) is 3.61. The number of carbonyl (C=O) groups is 1. The highest BCUT2D eigenvalue weighted by molar-refractivity contribution is 5.85. The number of rotatable bonds is 4. The number of fused-ring (bicyclic) bond motifs is 1. The van der Waals surface area contributed by atoms with Crippen LogP contribution in [0.3, 0.4) is 0 Å². The van der Waals surface area contributed by atoms with Crippen LogP contribution in [0.4, 0.5) is 0 Å². The van der Waals surface area contributed by atoms with E-state index in [9.17, 15) is 4.79 Å². The molecule has 0 radical (unpaired) electrons. The summed E-state index contributed by atoms with van der Waals surface area (Å²) < 4.78 is 5.23. The molecule has 0 spiro atoms. The molecule has 3 aromatic carbocycles. The lowest BCUT2D eigenvalue weighted by molar-refractivity contribution is -0.133. The topological polar surface area (TPSA) is 26.3 Å². The van der Waals surface area contributed by atoms with Crippen LogP contribution in [0.1, 0.15) is 12.0 Å². The molecule has 0 amide bonds. The summed E-state index contributed by atoms with van der Waals surface area (Å²) in [6.45, 7) is 0. The Bertz CT molecular complexity index is 804. The van der Waals surface area contributed by atoms with Crippen LogP contribution in [0.25, 0.3) is 16.8 Å². The summed E-state index contributed by atoms with van der Waals surface area (Å²) in [5, 5.41) is 2.40. The van der Waals surface area contributed by atoms with E-state index in [1.165, 1.54) is 10.8 Å². The number of benzene rings is 3. The summed E-state index contributed by atoms with van der Waals surface area (Å²) in [5.74, 6) is 0.315. The quantitative estimate of drug-likeness (QED) is 0.507. The Morgan fingerprint density at radius 1 is 0.864 bits per heavy atom. The van der Waals surface area contributed by atoms with Crippen LogP contribution in [0.15, 0.2) is 78.9 Å². The van der Waals surface area contributed by atoms with E-state index < -0.39 is 0 Å². The zero-order valence-corrected chi connectivity index (χ0v) is 12.1. The molecule has 0 unspecified atom stereocenters. The molecule has 108 valence electrons. The molecule has 0 heterocycles. The van der Waals surface area contributed by atoms with Crippen LogP contribution in [0.5, 0.6) is 5.75 Å². The van der Waals surface area contributed by atoms with Gasteiger partial charge in [0.25, 0.3) is 0 Å². The average Bonchev–Trinajstić information content (AvgIpc) is 2.55. The fourth-order valence-electron chi connectivity index (χ4n) is 2.26. The average molecular weight is 288 g/mol. The fourth-order valence-corrected chi connectivity index (χ4v) is 2.26. The summed E-state index contributed by atoms with van der Waals surface area (Å²) in [4.78, 5) is 11.7. The largest absolute Gasteiger partial charge is 0.426 e. The van der Waals surface area contributed by atoms with Gasteiger partial charge in [-0.1, -0.05) is 66.7 Å². The van der Waals surface area contributed by atoms with Gasteiger partial charge in [-0.15, -0.1) is 0 Å². The van der Waals surface area contributed by atoms with Gasteiger partial charge in [-0.05, 0) is 34.5 Å². The molecule has 3 rings (SSSR count). The Labute approximate surface area is 129 Å². The van der Waals surface area contributed by atoms with Crippen molar-refractivity contribution in [3.05, 3.63) is 84.4 Å². The minimum Gasteiger partial charge on any atom is -0.426 e. The number of hydrogen-bond donors (Lipinski definition) is 0. The summed E-state index contributed by atoms with van der Waals surface area (Å²) in [5.41, 5.74) is 1.08. The maximum Gasteiger partial charge on any atom is 0.315 e. The van der Waals surface area contributed by atoms with Gasteiger partial charge in [-0.25, -0.2) is 0 Å². The van der Waals surface area contributed by atoms with Gasteiger partial charge < -0.3 is 4.74 Å². The Kier molecular flexibility index (Phi) is 4.30. The molecule has 0 saturated heterocycles. The molecule has 0 aliphatic rings. The molecule has 0 saturated carbocycles. The Morgan fingerprint density at radius 2 is 1.59 bits per heavy atom. The summed E-state index contributed by atoms with van der Waals surface area (Å²) in [7, 11) is 0. The van der Waals surface area contributed by atoms with Crippen LogP contribution < -0.4 is 4.74 Å². The maximum absolute atomic E-state index is 11.7. The van der Waals surface area contributed by atoms with Crippen molar-refractivity contribution in [2.24, 2.45) is 0 Å². The van der Waals surface area contributed by atoms with Crippen molar-refractivity contribution >= 4 is 22.8 Å². The zero-order chi connectivity index (χ0) is 15.2. The molecule has 0 atom stereocenters. The van der Waals surface area contributed by atoms with E-state index in [1.54, 1.807) is 12.1 Å². The van der Waals surface area contributed by atoms with E-state index in [1.807, 2.05) is 48.6 Å². The maximum atomic E-state index is 11.7. The van der Waals surface area contributed by atoms with Crippen molar-refractivity contribution in [2.75, 3.05) is 0 Å². The van der Waals surface area contributed by atoms with Gasteiger partial charge in [0.2, 0.25) is 0 Å². The van der Waals surface area contributed by atoms with Crippen LogP contribution in [-0.2, 0) is 4.79 Å². The van der Waals surface area contributed by atoms with Crippen molar-refractivity contribution in [3.63, 3.8) is 0 Å². The highest BCUT2D eigenvalue weighted by Gasteiger charge is 2.01. The zero-order valence-electron chi connectivity index (χ0n) is 12.1. The first-order valence-electron chi connectivity index (χ1n) is 7.22.